The summed E-state index contributed by atoms with van der Waals surface area (Å²) in [7, 11) is 0. The molecule has 0 heterocycles. The van der Waals surface area contributed by atoms with Crippen LogP contribution in [0.2, 0.25) is 0 Å². The van der Waals surface area contributed by atoms with Crippen LogP contribution in [0.15, 0.2) is 82.4 Å². The van der Waals surface area contributed by atoms with Crippen molar-refractivity contribution in [3.8, 4) is 0 Å². The van der Waals surface area contributed by atoms with Crippen molar-refractivity contribution in [2.45, 2.75) is 0 Å². The van der Waals surface area contributed by atoms with E-state index in [2.05, 4.69) is 42.5 Å². The van der Waals surface area contributed by atoms with Crippen LogP contribution in [0.4, 0.5) is 0 Å². The minimum Gasteiger partial charge on any atom is -0.290 e. The van der Waals surface area contributed by atoms with Crippen molar-refractivity contribution in [3.63, 3.8) is 0 Å². The fourth-order valence-corrected chi connectivity index (χ4v) is 5.96. The van der Waals surface area contributed by atoms with Crippen molar-refractivity contribution in [3.05, 3.63) is 93.2 Å². The Morgan fingerprint density at radius 3 is 1.87 bits per heavy atom. The van der Waals surface area contributed by atoms with Crippen molar-refractivity contribution in [1.29, 1.82) is 0 Å². The van der Waals surface area contributed by atoms with E-state index in [1.54, 1.807) is 18.2 Å². The first-order valence-corrected chi connectivity index (χ1v) is 10.1. The van der Waals surface area contributed by atoms with Crippen LogP contribution in [0.3, 0.4) is 0 Å². The summed E-state index contributed by atoms with van der Waals surface area (Å²) in [6, 6.07) is 23.9. The standard InChI is InChI=1S/C28H12O2/c29-17-11-16-10-15-7-8-21(30)26-19-6-2-4-14-9-13-3-1-5-18-20(12-17)24(16)28(25(15)26)27(22(13)18)23(14)19/h1-12H. The van der Waals surface area contributed by atoms with E-state index in [0.29, 0.717) is 0 Å². The normalized spacial score (nSPS) is 12.9. The molecule has 30 heavy (non-hydrogen) atoms. The maximum absolute atomic E-state index is 13.1. The smallest absolute Gasteiger partial charge is 0.187 e. The Labute approximate surface area is 168 Å². The van der Waals surface area contributed by atoms with Crippen molar-refractivity contribution in [1.82, 2.24) is 0 Å². The second-order valence-electron chi connectivity index (χ2n) is 8.42. The summed E-state index contributed by atoms with van der Waals surface area (Å²) in [6.07, 6.45) is 0. The lowest BCUT2D eigenvalue weighted by Gasteiger charge is -2.21. The Hall–Kier alpha value is -4.04. The number of hydrogen-bond acceptors (Lipinski definition) is 2. The third kappa shape index (κ3) is 1.46. The Morgan fingerprint density at radius 1 is 0.400 bits per heavy atom. The first kappa shape index (κ1) is 14.9. The number of benzene rings is 8. The largest absolute Gasteiger partial charge is 0.290 e. The van der Waals surface area contributed by atoms with Gasteiger partial charge in [0.2, 0.25) is 0 Å². The number of hydrogen-bond donors (Lipinski definition) is 0. The van der Waals surface area contributed by atoms with Crippen LogP contribution in [0.25, 0.3) is 75.4 Å². The fourth-order valence-electron chi connectivity index (χ4n) is 5.96. The van der Waals surface area contributed by atoms with E-state index in [-0.39, 0.29) is 10.9 Å². The van der Waals surface area contributed by atoms with Gasteiger partial charge in [0, 0.05) is 16.2 Å². The molecule has 0 aliphatic heterocycles. The zero-order valence-electron chi connectivity index (χ0n) is 15.7. The Balaban J connectivity index is 2.00. The van der Waals surface area contributed by atoms with E-state index < -0.39 is 0 Å². The maximum atomic E-state index is 13.1. The van der Waals surface area contributed by atoms with Gasteiger partial charge in [-0.1, -0.05) is 42.5 Å². The molecule has 0 amide bonds. The zero-order chi connectivity index (χ0) is 19.7. The molecule has 0 aromatic heterocycles. The number of fused-ring (bicyclic) bond motifs is 2. The molecule has 0 N–H and O–H groups in total. The topological polar surface area (TPSA) is 34.1 Å². The lowest BCUT2D eigenvalue weighted by Crippen LogP contribution is -2.04. The van der Waals surface area contributed by atoms with Gasteiger partial charge in [-0.05, 0) is 89.6 Å². The molecule has 8 aromatic rings. The highest BCUT2D eigenvalue weighted by molar-refractivity contribution is 6.48. The molecular formula is C28H12O2. The van der Waals surface area contributed by atoms with Gasteiger partial charge in [-0.15, -0.1) is 0 Å². The van der Waals surface area contributed by atoms with Crippen LogP contribution in [0, 0.1) is 0 Å². The minimum atomic E-state index is 0.0162. The molecule has 2 nitrogen and oxygen atoms in total. The summed E-state index contributed by atoms with van der Waals surface area (Å²) in [4.78, 5) is 25.7. The van der Waals surface area contributed by atoms with E-state index in [9.17, 15) is 9.59 Å². The first-order valence-electron chi connectivity index (χ1n) is 10.1. The molecule has 0 atom stereocenters. The summed E-state index contributed by atoms with van der Waals surface area (Å²) >= 11 is 0. The molecule has 0 aliphatic rings. The van der Waals surface area contributed by atoms with Crippen LogP contribution < -0.4 is 10.9 Å². The first-order chi connectivity index (χ1) is 14.7. The monoisotopic (exact) mass is 380 g/mol. The van der Waals surface area contributed by atoms with Crippen molar-refractivity contribution in [2.75, 3.05) is 0 Å². The second-order valence-corrected chi connectivity index (χ2v) is 8.42. The van der Waals surface area contributed by atoms with Crippen LogP contribution >= 0.6 is 0 Å². The van der Waals surface area contributed by atoms with Gasteiger partial charge < -0.3 is 0 Å². The average Bonchev–Trinajstić information content (AvgIpc) is 2.75. The Bertz CT molecular complexity index is 2090. The van der Waals surface area contributed by atoms with E-state index in [1.807, 2.05) is 12.1 Å². The van der Waals surface area contributed by atoms with Gasteiger partial charge >= 0.3 is 0 Å². The molecule has 0 aliphatic carbocycles. The highest BCUT2D eigenvalue weighted by Crippen LogP contribution is 2.49. The Morgan fingerprint density at radius 2 is 1.03 bits per heavy atom. The van der Waals surface area contributed by atoms with E-state index in [1.165, 1.54) is 16.2 Å². The van der Waals surface area contributed by atoms with Gasteiger partial charge in [-0.3, -0.25) is 9.59 Å². The summed E-state index contributed by atoms with van der Waals surface area (Å²) in [6.45, 7) is 0. The van der Waals surface area contributed by atoms with Crippen LogP contribution in [0.5, 0.6) is 0 Å². The molecule has 0 saturated carbocycles. The molecule has 8 aromatic carbocycles. The van der Waals surface area contributed by atoms with Crippen LogP contribution in [-0.4, -0.2) is 0 Å². The predicted octanol–water partition coefficient (Wildman–Crippen LogP) is 6.23. The number of rotatable bonds is 0. The van der Waals surface area contributed by atoms with Crippen molar-refractivity contribution >= 4 is 75.4 Å². The van der Waals surface area contributed by atoms with Crippen molar-refractivity contribution in [2.24, 2.45) is 0 Å². The predicted molar refractivity (Wildman–Crippen MR) is 126 cm³/mol. The second kappa shape index (κ2) is 4.58. The molecule has 0 unspecified atom stereocenters. The SMILES string of the molecule is O=c1cc2cc3ccc(=O)c4c5cccc6cc7cccc8c(c1)c2c(c34)c(c78)c65. The van der Waals surface area contributed by atoms with E-state index in [0.717, 1.165) is 59.2 Å². The van der Waals surface area contributed by atoms with Gasteiger partial charge in [0.05, 0.1) is 0 Å². The summed E-state index contributed by atoms with van der Waals surface area (Å²) < 4.78 is 0. The van der Waals surface area contributed by atoms with Gasteiger partial charge in [-0.2, -0.15) is 0 Å². The molecule has 136 valence electrons. The van der Waals surface area contributed by atoms with Crippen LogP contribution in [0.1, 0.15) is 0 Å². The molecule has 0 radical (unpaired) electrons. The van der Waals surface area contributed by atoms with Crippen LogP contribution in [-0.2, 0) is 0 Å². The van der Waals surface area contributed by atoms with E-state index in [4.69, 9.17) is 0 Å². The summed E-state index contributed by atoms with van der Waals surface area (Å²) in [5.74, 6) is 0. The van der Waals surface area contributed by atoms with Gasteiger partial charge in [-0.25, -0.2) is 0 Å². The third-order valence-corrected chi connectivity index (χ3v) is 6.97. The fraction of sp³-hybridized carbons (Fsp3) is 0. The van der Waals surface area contributed by atoms with Crippen molar-refractivity contribution < 1.29 is 0 Å². The average molecular weight is 380 g/mol. The summed E-state index contributed by atoms with van der Waals surface area (Å²) in [5.41, 5.74) is 0.0691. The van der Waals surface area contributed by atoms with Gasteiger partial charge in [0.25, 0.3) is 0 Å². The molecule has 8 rings (SSSR count). The minimum absolute atomic E-state index is 0.0162. The van der Waals surface area contributed by atoms with E-state index >= 15 is 0 Å². The zero-order valence-corrected chi connectivity index (χ0v) is 15.7. The van der Waals surface area contributed by atoms with Gasteiger partial charge in [0.15, 0.2) is 10.9 Å². The highest BCUT2D eigenvalue weighted by Gasteiger charge is 2.23. The molecule has 0 saturated heterocycles. The molecule has 2 heteroatoms. The lowest BCUT2D eigenvalue weighted by atomic mass is 9.81. The third-order valence-electron chi connectivity index (χ3n) is 6.97. The van der Waals surface area contributed by atoms with Gasteiger partial charge in [0.1, 0.15) is 0 Å². The molecular weight excluding hydrogens is 368 g/mol. The lowest BCUT2D eigenvalue weighted by molar-refractivity contribution is 1.68. The maximum Gasteiger partial charge on any atom is 0.187 e. The molecule has 0 fully saturated rings. The highest BCUT2D eigenvalue weighted by atomic mass is 16.1. The molecule has 0 bridgehead atoms. The summed E-state index contributed by atoms with van der Waals surface area (Å²) in [5, 5.41) is 15.0. The Kier molecular flexibility index (Phi) is 2.27. The quantitative estimate of drug-likeness (QED) is 0.231. The molecule has 0 spiro atoms.